The van der Waals surface area contributed by atoms with Crippen molar-refractivity contribution in [2.24, 2.45) is 5.92 Å². The summed E-state index contributed by atoms with van der Waals surface area (Å²) in [5.74, 6) is 1.87. The van der Waals surface area contributed by atoms with Gasteiger partial charge in [0.25, 0.3) is 0 Å². The molecule has 2 atom stereocenters. The maximum absolute atomic E-state index is 11.1. The molecule has 2 unspecified atom stereocenters. The molecule has 1 aliphatic rings. The van der Waals surface area contributed by atoms with Gasteiger partial charge < -0.3 is 5.32 Å². The van der Waals surface area contributed by atoms with Gasteiger partial charge in [-0.2, -0.15) is 0 Å². The van der Waals surface area contributed by atoms with Crippen LogP contribution in [-0.4, -0.2) is 22.3 Å². The molecule has 1 heterocycles. The molecule has 1 fully saturated rings. The van der Waals surface area contributed by atoms with Gasteiger partial charge in [0.05, 0.1) is 5.56 Å². The Bertz CT molecular complexity index is 450. The van der Waals surface area contributed by atoms with Gasteiger partial charge in [-0.25, -0.2) is 9.97 Å². The molecule has 0 bridgehead atoms. The molecule has 1 aromatic heterocycles. The van der Waals surface area contributed by atoms with Crippen LogP contribution in [0.2, 0.25) is 5.15 Å². The van der Waals surface area contributed by atoms with Gasteiger partial charge in [0.15, 0.2) is 6.29 Å². The predicted octanol–water partition coefficient (Wildman–Crippen LogP) is 3.24. The third-order valence-electron chi connectivity index (χ3n) is 3.41. The van der Waals surface area contributed by atoms with Crippen LogP contribution in [0.25, 0.3) is 0 Å². The molecule has 1 saturated carbocycles. The van der Waals surface area contributed by atoms with E-state index < -0.39 is 0 Å². The largest absolute Gasteiger partial charge is 0.367 e. The molecule has 4 nitrogen and oxygen atoms in total. The number of halogens is 1. The topological polar surface area (TPSA) is 54.9 Å². The lowest BCUT2D eigenvalue weighted by Gasteiger charge is -2.28. The number of nitrogens with one attached hydrogen (secondary N) is 1. The zero-order valence-electron chi connectivity index (χ0n) is 10.7. The van der Waals surface area contributed by atoms with E-state index in [1.165, 1.54) is 12.8 Å². The third-order valence-corrected chi connectivity index (χ3v) is 3.69. The van der Waals surface area contributed by atoms with Crippen LogP contribution in [0, 0.1) is 12.8 Å². The number of rotatable bonds is 3. The van der Waals surface area contributed by atoms with Crippen molar-refractivity contribution in [2.45, 2.75) is 45.6 Å². The van der Waals surface area contributed by atoms with Crippen molar-refractivity contribution >= 4 is 23.7 Å². The van der Waals surface area contributed by atoms with Crippen LogP contribution < -0.4 is 5.32 Å². The fourth-order valence-corrected chi connectivity index (χ4v) is 2.78. The Morgan fingerprint density at radius 2 is 2.17 bits per heavy atom. The molecule has 1 aromatic rings. The molecule has 1 aliphatic carbocycles. The first-order chi connectivity index (χ1) is 8.60. The highest BCUT2D eigenvalue weighted by Crippen LogP contribution is 2.27. The Balaban J connectivity index is 2.19. The lowest BCUT2D eigenvalue weighted by molar-refractivity contribution is 0.112. The van der Waals surface area contributed by atoms with Crippen LogP contribution in [0.3, 0.4) is 0 Å². The number of anilines is 1. The maximum Gasteiger partial charge on any atom is 0.156 e. The van der Waals surface area contributed by atoms with Gasteiger partial charge in [0.2, 0.25) is 0 Å². The number of hydrogen-bond donors (Lipinski definition) is 1. The molecule has 18 heavy (non-hydrogen) atoms. The minimum Gasteiger partial charge on any atom is -0.367 e. The second-order valence-corrected chi connectivity index (χ2v) is 5.41. The number of aromatic nitrogens is 2. The fraction of sp³-hybridized carbons (Fsp3) is 0.615. The average molecular weight is 268 g/mol. The molecule has 0 spiro atoms. The molecule has 5 heteroatoms. The molecular weight excluding hydrogens is 250 g/mol. The lowest BCUT2D eigenvalue weighted by atomic mass is 9.87. The van der Waals surface area contributed by atoms with Crippen molar-refractivity contribution in [1.29, 1.82) is 0 Å². The number of hydrogen-bond acceptors (Lipinski definition) is 4. The summed E-state index contributed by atoms with van der Waals surface area (Å²) >= 11 is 5.96. The van der Waals surface area contributed by atoms with Crippen LogP contribution >= 0.6 is 11.6 Å². The van der Waals surface area contributed by atoms with Gasteiger partial charge in [-0.3, -0.25) is 4.79 Å². The van der Waals surface area contributed by atoms with Crippen LogP contribution in [0.5, 0.6) is 0 Å². The van der Waals surface area contributed by atoms with Crippen molar-refractivity contribution in [3.8, 4) is 0 Å². The van der Waals surface area contributed by atoms with Crippen LogP contribution in [0.15, 0.2) is 0 Å². The molecular formula is C13H18ClN3O. The molecule has 98 valence electrons. The minimum absolute atomic E-state index is 0.226. The average Bonchev–Trinajstić information content (AvgIpc) is 2.28. The van der Waals surface area contributed by atoms with Gasteiger partial charge in [-0.05, 0) is 25.7 Å². The second-order valence-electron chi connectivity index (χ2n) is 5.05. The molecule has 0 saturated heterocycles. The number of nitrogens with zero attached hydrogens (tertiary/aromatic N) is 2. The van der Waals surface area contributed by atoms with Crippen molar-refractivity contribution < 1.29 is 4.79 Å². The van der Waals surface area contributed by atoms with E-state index in [4.69, 9.17) is 11.6 Å². The summed E-state index contributed by atoms with van der Waals surface area (Å²) in [6.07, 6.45) is 5.44. The molecule has 0 aromatic carbocycles. The van der Waals surface area contributed by atoms with Crippen LogP contribution in [0.1, 0.15) is 48.8 Å². The minimum atomic E-state index is 0.226. The van der Waals surface area contributed by atoms with E-state index in [0.29, 0.717) is 29.2 Å². The zero-order chi connectivity index (χ0) is 13.1. The predicted molar refractivity (Wildman–Crippen MR) is 72.2 cm³/mol. The Hall–Kier alpha value is -1.16. The number of aryl methyl sites for hydroxylation is 1. The number of carbonyl (C=O) groups is 1. The van der Waals surface area contributed by atoms with Crippen molar-refractivity contribution in [3.63, 3.8) is 0 Å². The van der Waals surface area contributed by atoms with Crippen LogP contribution in [0.4, 0.5) is 5.82 Å². The highest BCUT2D eigenvalue weighted by Gasteiger charge is 2.21. The normalized spacial score (nSPS) is 23.7. The Morgan fingerprint density at radius 1 is 1.39 bits per heavy atom. The Morgan fingerprint density at radius 3 is 2.83 bits per heavy atom. The standard InChI is InChI=1S/C13H18ClN3O/c1-8-4-3-5-10(6-8)17-13-11(7-18)12(14)15-9(2)16-13/h7-8,10H,3-6H2,1-2H3,(H,15,16,17). The fourth-order valence-electron chi connectivity index (χ4n) is 2.52. The van der Waals surface area contributed by atoms with E-state index in [1.54, 1.807) is 6.92 Å². The third kappa shape index (κ3) is 2.99. The Labute approximate surface area is 112 Å². The van der Waals surface area contributed by atoms with Crippen molar-refractivity contribution in [2.75, 3.05) is 5.32 Å². The molecule has 0 aliphatic heterocycles. The molecule has 0 amide bonds. The number of aldehydes is 1. The quantitative estimate of drug-likeness (QED) is 0.675. The SMILES string of the molecule is Cc1nc(Cl)c(C=O)c(NC2CCCC(C)C2)n1. The first kappa shape index (κ1) is 13.3. The lowest BCUT2D eigenvalue weighted by Crippen LogP contribution is -2.27. The van der Waals surface area contributed by atoms with Gasteiger partial charge in [-0.1, -0.05) is 31.4 Å². The summed E-state index contributed by atoms with van der Waals surface area (Å²) in [5.41, 5.74) is 0.362. The van der Waals surface area contributed by atoms with Gasteiger partial charge in [-0.15, -0.1) is 0 Å². The van der Waals surface area contributed by atoms with E-state index in [-0.39, 0.29) is 5.15 Å². The van der Waals surface area contributed by atoms with E-state index >= 15 is 0 Å². The smallest absolute Gasteiger partial charge is 0.156 e. The van der Waals surface area contributed by atoms with Crippen LogP contribution in [-0.2, 0) is 0 Å². The van der Waals surface area contributed by atoms with E-state index in [9.17, 15) is 4.79 Å². The first-order valence-electron chi connectivity index (χ1n) is 6.36. The molecule has 2 rings (SSSR count). The van der Waals surface area contributed by atoms with Gasteiger partial charge in [0, 0.05) is 6.04 Å². The van der Waals surface area contributed by atoms with E-state index in [2.05, 4.69) is 22.2 Å². The van der Waals surface area contributed by atoms with E-state index in [0.717, 1.165) is 19.1 Å². The van der Waals surface area contributed by atoms with Crippen molar-refractivity contribution in [3.05, 3.63) is 16.5 Å². The molecule has 0 radical (unpaired) electrons. The summed E-state index contributed by atoms with van der Waals surface area (Å²) in [7, 11) is 0. The van der Waals surface area contributed by atoms with Gasteiger partial charge in [0.1, 0.15) is 16.8 Å². The summed E-state index contributed by atoms with van der Waals surface area (Å²) in [4.78, 5) is 19.3. The second kappa shape index (κ2) is 5.65. The van der Waals surface area contributed by atoms with Gasteiger partial charge >= 0.3 is 0 Å². The monoisotopic (exact) mass is 267 g/mol. The Kier molecular flexibility index (Phi) is 4.17. The zero-order valence-corrected chi connectivity index (χ0v) is 11.5. The summed E-state index contributed by atoms with van der Waals surface area (Å²) < 4.78 is 0. The summed E-state index contributed by atoms with van der Waals surface area (Å²) in [6, 6.07) is 0.373. The number of carbonyl (C=O) groups excluding carboxylic acids is 1. The maximum atomic E-state index is 11.1. The first-order valence-corrected chi connectivity index (χ1v) is 6.73. The highest BCUT2D eigenvalue weighted by atomic mass is 35.5. The van der Waals surface area contributed by atoms with E-state index in [1.807, 2.05) is 0 Å². The summed E-state index contributed by atoms with van der Waals surface area (Å²) in [5, 5.41) is 3.57. The highest BCUT2D eigenvalue weighted by molar-refractivity contribution is 6.32. The molecule has 1 N–H and O–H groups in total. The van der Waals surface area contributed by atoms with Crippen molar-refractivity contribution in [1.82, 2.24) is 9.97 Å². The summed E-state index contributed by atoms with van der Waals surface area (Å²) in [6.45, 7) is 4.03.